The molecule has 0 aliphatic rings. The summed E-state index contributed by atoms with van der Waals surface area (Å²) in [5.41, 5.74) is -0.0301. The molecule has 0 spiro atoms. The van der Waals surface area contributed by atoms with Gasteiger partial charge in [-0.15, -0.1) is 0 Å². The number of carbonyl (C=O) groups excluding carboxylic acids is 1. The Labute approximate surface area is 97.9 Å². The largest absolute Gasteiger partial charge is 3.00 e. The van der Waals surface area contributed by atoms with Crippen molar-refractivity contribution >= 4 is 5.97 Å². The van der Waals surface area contributed by atoms with Gasteiger partial charge in [-0.25, -0.2) is 0 Å². The molecule has 0 amide bonds. The van der Waals surface area contributed by atoms with Crippen LogP contribution in [0.2, 0.25) is 0 Å². The third-order valence-corrected chi connectivity index (χ3v) is 0.874. The van der Waals surface area contributed by atoms with Gasteiger partial charge in [0.15, 0.2) is 0 Å². The average Bonchev–Trinajstić information content (AvgIpc) is 1.90. The molecule has 1 aromatic heterocycles. The smallest absolute Gasteiger partial charge is 1.00 e. The van der Waals surface area contributed by atoms with Crippen molar-refractivity contribution in [2.45, 2.75) is 0 Å². The Morgan fingerprint density at radius 1 is 1.33 bits per heavy atom. The first-order chi connectivity index (χ1) is 4.30. The summed E-state index contributed by atoms with van der Waals surface area (Å²) in [5.74, 6) is -1.24. The Balaban J connectivity index is -0.000000270. The Morgan fingerprint density at radius 2 is 1.92 bits per heavy atom. The number of aromatic carboxylic acids is 1. The molecule has 0 atom stereocenters. The molecule has 0 radical (unpaired) electrons. The summed E-state index contributed by atoms with van der Waals surface area (Å²) >= 11 is 0. The van der Waals surface area contributed by atoms with Gasteiger partial charge >= 0.3 is 22.4 Å². The Kier molecular flexibility index (Phi) is 13.5. The number of halogens is 2. The molecule has 70 valence electrons. The Morgan fingerprint density at radius 3 is 2.17 bits per heavy atom. The van der Waals surface area contributed by atoms with Crippen molar-refractivity contribution in [3.63, 3.8) is 0 Å². The van der Waals surface area contributed by atoms with E-state index in [0.29, 0.717) is 0 Å². The number of hydrogen-bond acceptors (Lipinski definition) is 3. The minimum Gasteiger partial charge on any atom is -1.00 e. The number of carbonyl (C=O) groups is 1. The second kappa shape index (κ2) is 9.03. The standard InChI is InChI=1S/C6H5NO2.Au.2ClH/c8-6(9)5-3-1-2-4-7-5;;;/h1-4H,(H,8,9);;2*1H/q;+3;;/p-3. The maximum atomic E-state index is 10.0. The molecule has 0 aliphatic carbocycles. The van der Waals surface area contributed by atoms with Crippen LogP contribution in [0.5, 0.6) is 0 Å². The molecular weight excluding hydrogens is 386 g/mol. The quantitative estimate of drug-likeness (QED) is 0.449. The van der Waals surface area contributed by atoms with Gasteiger partial charge in [-0.1, -0.05) is 6.07 Å². The molecule has 0 bridgehead atoms. The van der Waals surface area contributed by atoms with Gasteiger partial charge in [0.2, 0.25) is 0 Å². The molecule has 3 nitrogen and oxygen atoms in total. The summed E-state index contributed by atoms with van der Waals surface area (Å²) in [6.07, 6.45) is 1.41. The number of hydrogen-bond donors (Lipinski definition) is 0. The van der Waals surface area contributed by atoms with Gasteiger partial charge in [0, 0.05) is 6.20 Å². The first kappa shape index (κ1) is 17.9. The SMILES string of the molecule is O=C([O-])c1ccccn1.[Au+3].[Cl-].[Cl-]. The summed E-state index contributed by atoms with van der Waals surface area (Å²) in [4.78, 5) is 13.5. The van der Waals surface area contributed by atoms with E-state index in [1.54, 1.807) is 12.1 Å². The average molecular weight is 390 g/mol. The zero-order valence-corrected chi connectivity index (χ0v) is 9.31. The molecule has 1 aromatic rings. The summed E-state index contributed by atoms with van der Waals surface area (Å²) in [6, 6.07) is 4.62. The van der Waals surface area contributed by atoms with Gasteiger partial charge in [0.1, 0.15) is 0 Å². The van der Waals surface area contributed by atoms with Crippen molar-refractivity contribution in [2.75, 3.05) is 0 Å². The summed E-state index contributed by atoms with van der Waals surface area (Å²) in [6.45, 7) is 0. The number of rotatable bonds is 1. The van der Waals surface area contributed by atoms with E-state index in [-0.39, 0.29) is 52.9 Å². The molecule has 0 fully saturated rings. The second-order valence-electron chi connectivity index (χ2n) is 1.50. The minimum atomic E-state index is -1.24. The van der Waals surface area contributed by atoms with Crippen LogP contribution in [0.25, 0.3) is 0 Å². The van der Waals surface area contributed by atoms with Crippen LogP contribution in [0.15, 0.2) is 24.4 Å². The fourth-order valence-electron chi connectivity index (χ4n) is 0.484. The molecule has 1 heterocycles. The molecule has 1 rings (SSSR count). The molecular formula is C6H4AuCl2NO2. The van der Waals surface area contributed by atoms with Crippen LogP contribution < -0.4 is 29.9 Å². The van der Waals surface area contributed by atoms with Crippen LogP contribution in [0.4, 0.5) is 0 Å². The number of pyridine rings is 1. The van der Waals surface area contributed by atoms with E-state index >= 15 is 0 Å². The third-order valence-electron chi connectivity index (χ3n) is 0.874. The van der Waals surface area contributed by atoms with Crippen molar-refractivity contribution in [1.82, 2.24) is 4.98 Å². The van der Waals surface area contributed by atoms with E-state index in [4.69, 9.17) is 0 Å². The Bertz CT molecular complexity index is 220. The van der Waals surface area contributed by atoms with Crippen molar-refractivity contribution in [2.24, 2.45) is 0 Å². The zero-order chi connectivity index (χ0) is 6.69. The molecule has 0 aliphatic heterocycles. The van der Waals surface area contributed by atoms with Gasteiger partial charge < -0.3 is 34.7 Å². The molecule has 6 heteroatoms. The van der Waals surface area contributed by atoms with Gasteiger partial charge in [-0.2, -0.15) is 0 Å². The van der Waals surface area contributed by atoms with E-state index in [2.05, 4.69) is 4.98 Å². The number of nitrogens with zero attached hydrogens (tertiary/aromatic N) is 1. The van der Waals surface area contributed by atoms with Crippen molar-refractivity contribution in [1.29, 1.82) is 0 Å². The van der Waals surface area contributed by atoms with Crippen molar-refractivity contribution in [3.05, 3.63) is 30.1 Å². The summed E-state index contributed by atoms with van der Waals surface area (Å²) in [5, 5.41) is 10.0. The molecule has 0 saturated heterocycles. The first-order valence-electron chi connectivity index (χ1n) is 2.43. The minimum absolute atomic E-state index is 0. The monoisotopic (exact) mass is 389 g/mol. The van der Waals surface area contributed by atoms with Crippen LogP contribution in [0.3, 0.4) is 0 Å². The maximum Gasteiger partial charge on any atom is 3.00 e. The predicted octanol–water partition coefficient (Wildman–Crippen LogP) is -6.55. The van der Waals surface area contributed by atoms with E-state index < -0.39 is 5.97 Å². The number of carboxylic acids is 1. The maximum absolute atomic E-state index is 10.0. The van der Waals surface area contributed by atoms with Gasteiger partial charge in [0.25, 0.3) is 0 Å². The normalized spacial score (nSPS) is 6.67. The van der Waals surface area contributed by atoms with E-state index in [1.165, 1.54) is 12.3 Å². The van der Waals surface area contributed by atoms with Crippen molar-refractivity contribution < 1.29 is 57.1 Å². The molecule has 0 unspecified atom stereocenters. The number of carboxylic acid groups (broad SMARTS) is 1. The summed E-state index contributed by atoms with van der Waals surface area (Å²) in [7, 11) is 0. The second-order valence-corrected chi connectivity index (χ2v) is 1.50. The van der Waals surface area contributed by atoms with Crippen LogP contribution >= 0.6 is 0 Å². The van der Waals surface area contributed by atoms with E-state index in [1.807, 2.05) is 0 Å². The van der Waals surface area contributed by atoms with E-state index in [0.717, 1.165) is 0 Å². The summed E-state index contributed by atoms with van der Waals surface area (Å²) < 4.78 is 0. The van der Waals surface area contributed by atoms with Crippen LogP contribution in [0, 0.1) is 0 Å². The fraction of sp³-hybridized carbons (Fsp3) is 0. The van der Waals surface area contributed by atoms with Gasteiger partial charge in [0.05, 0.1) is 11.7 Å². The molecule has 0 N–H and O–H groups in total. The van der Waals surface area contributed by atoms with Gasteiger partial charge in [-0.05, 0) is 12.1 Å². The van der Waals surface area contributed by atoms with Gasteiger partial charge in [-0.3, -0.25) is 4.98 Å². The molecule has 12 heavy (non-hydrogen) atoms. The Hall–Kier alpha value is -0.0597. The molecule has 0 aromatic carbocycles. The van der Waals surface area contributed by atoms with Crippen LogP contribution in [-0.4, -0.2) is 11.0 Å². The predicted molar refractivity (Wildman–Crippen MR) is 28.6 cm³/mol. The fourth-order valence-corrected chi connectivity index (χ4v) is 0.484. The van der Waals surface area contributed by atoms with Crippen LogP contribution in [0.1, 0.15) is 10.5 Å². The van der Waals surface area contributed by atoms with Crippen LogP contribution in [-0.2, 0) is 22.4 Å². The molecule has 0 saturated carbocycles. The first-order valence-corrected chi connectivity index (χ1v) is 2.43. The number of aromatic nitrogens is 1. The van der Waals surface area contributed by atoms with Crippen molar-refractivity contribution in [3.8, 4) is 0 Å². The zero-order valence-electron chi connectivity index (χ0n) is 5.63. The third kappa shape index (κ3) is 5.57. The topological polar surface area (TPSA) is 53.0 Å². The van der Waals surface area contributed by atoms with E-state index in [9.17, 15) is 9.90 Å².